The number of hydrogen-bond donors (Lipinski definition) is 1. The molecule has 1 unspecified atom stereocenters. The third-order valence-corrected chi connectivity index (χ3v) is 4.32. The molecule has 0 aromatic heterocycles. The van der Waals surface area contributed by atoms with Gasteiger partial charge in [0.05, 0.1) is 10.6 Å². The molecule has 0 aliphatic heterocycles. The van der Waals surface area contributed by atoms with Crippen molar-refractivity contribution in [1.29, 1.82) is 0 Å². The third-order valence-electron chi connectivity index (χ3n) is 3.06. The van der Waals surface area contributed by atoms with Crippen LogP contribution in [0.3, 0.4) is 0 Å². The van der Waals surface area contributed by atoms with Crippen LogP contribution in [0.25, 0.3) is 0 Å². The topological polar surface area (TPSA) is 43.1 Å². The van der Waals surface area contributed by atoms with Gasteiger partial charge in [-0.1, -0.05) is 25.4 Å². The molecule has 2 N–H and O–H groups in total. The van der Waals surface area contributed by atoms with Gasteiger partial charge in [0, 0.05) is 16.4 Å². The molecule has 2 nitrogen and oxygen atoms in total. The Bertz CT molecular complexity index is 446. The van der Waals surface area contributed by atoms with E-state index in [1.165, 1.54) is 6.07 Å². The highest BCUT2D eigenvalue weighted by atomic mass is 79.9. The second kappa shape index (κ2) is 5.46. The summed E-state index contributed by atoms with van der Waals surface area (Å²) >= 11 is 8.86. The van der Waals surface area contributed by atoms with Crippen molar-refractivity contribution in [2.45, 2.75) is 20.3 Å². The second-order valence-corrected chi connectivity index (χ2v) is 5.40. The van der Waals surface area contributed by atoms with Gasteiger partial charge in [0.25, 0.3) is 0 Å². The van der Waals surface area contributed by atoms with Gasteiger partial charge in [0.1, 0.15) is 0 Å². The predicted octanol–water partition coefficient (Wildman–Crippen LogP) is 3.80. The summed E-state index contributed by atoms with van der Waals surface area (Å²) in [5.74, 6) is -1.01. The van der Waals surface area contributed by atoms with Gasteiger partial charge in [-0.15, -0.1) is 0 Å². The molecule has 94 valence electrons. The van der Waals surface area contributed by atoms with Crippen molar-refractivity contribution >= 4 is 33.3 Å². The summed E-state index contributed by atoms with van der Waals surface area (Å²) in [5, 5.41) is -0.0775. The predicted molar refractivity (Wildman–Crippen MR) is 70.9 cm³/mol. The summed E-state index contributed by atoms with van der Waals surface area (Å²) in [6.07, 6.45) is 0.551. The lowest BCUT2D eigenvalue weighted by Gasteiger charge is -2.25. The van der Waals surface area contributed by atoms with E-state index < -0.39 is 11.2 Å². The smallest absolute Gasteiger partial charge is 0.172 e. The SMILES string of the molecule is CCC(C)(CN)C(=O)c1ccc(Br)c(Cl)c1F. The van der Waals surface area contributed by atoms with Gasteiger partial charge in [0.2, 0.25) is 0 Å². The highest BCUT2D eigenvalue weighted by molar-refractivity contribution is 9.10. The first-order valence-corrected chi connectivity index (χ1v) is 6.43. The van der Waals surface area contributed by atoms with Crippen molar-refractivity contribution in [3.8, 4) is 0 Å². The van der Waals surface area contributed by atoms with E-state index in [-0.39, 0.29) is 22.9 Å². The fourth-order valence-electron chi connectivity index (χ4n) is 1.42. The molecule has 0 radical (unpaired) electrons. The average Bonchev–Trinajstić information content (AvgIpc) is 2.34. The molecule has 1 rings (SSSR count). The molecule has 0 saturated carbocycles. The number of nitrogens with two attached hydrogens (primary N) is 1. The molecule has 1 aromatic rings. The van der Waals surface area contributed by atoms with E-state index >= 15 is 0 Å². The van der Waals surface area contributed by atoms with Crippen molar-refractivity contribution in [3.63, 3.8) is 0 Å². The van der Waals surface area contributed by atoms with Crippen LogP contribution in [0.1, 0.15) is 30.6 Å². The van der Waals surface area contributed by atoms with E-state index in [9.17, 15) is 9.18 Å². The maximum atomic E-state index is 13.9. The van der Waals surface area contributed by atoms with E-state index in [1.54, 1.807) is 13.0 Å². The van der Waals surface area contributed by atoms with Crippen molar-refractivity contribution in [3.05, 3.63) is 33.0 Å². The fraction of sp³-hybridized carbons (Fsp3) is 0.417. The summed E-state index contributed by atoms with van der Waals surface area (Å²) in [4.78, 5) is 12.2. The van der Waals surface area contributed by atoms with Gasteiger partial charge in [-0.05, 0) is 34.5 Å². The number of carbonyl (C=O) groups is 1. The quantitative estimate of drug-likeness (QED) is 0.677. The summed E-state index contributed by atoms with van der Waals surface area (Å²) in [5.41, 5.74) is 4.83. The van der Waals surface area contributed by atoms with Gasteiger partial charge >= 0.3 is 0 Å². The first kappa shape index (κ1) is 14.6. The van der Waals surface area contributed by atoms with Gasteiger partial charge in [-0.3, -0.25) is 4.79 Å². The minimum absolute atomic E-state index is 0.00648. The minimum Gasteiger partial charge on any atom is -0.329 e. The Labute approximate surface area is 113 Å². The maximum absolute atomic E-state index is 13.9. The van der Waals surface area contributed by atoms with Crippen molar-refractivity contribution in [2.75, 3.05) is 6.54 Å². The number of hydrogen-bond acceptors (Lipinski definition) is 2. The Morgan fingerprint density at radius 2 is 2.18 bits per heavy atom. The number of rotatable bonds is 4. The van der Waals surface area contributed by atoms with Gasteiger partial charge in [-0.2, -0.15) is 0 Å². The van der Waals surface area contributed by atoms with Gasteiger partial charge in [-0.25, -0.2) is 4.39 Å². The number of carbonyl (C=O) groups excluding carboxylic acids is 1. The van der Waals surface area contributed by atoms with Crippen LogP contribution in [-0.2, 0) is 0 Å². The molecule has 0 amide bonds. The lowest BCUT2D eigenvalue weighted by molar-refractivity contribution is 0.0815. The van der Waals surface area contributed by atoms with Crippen LogP contribution in [0.4, 0.5) is 4.39 Å². The second-order valence-electron chi connectivity index (χ2n) is 4.17. The molecule has 0 fully saturated rings. The standard InChI is InChI=1S/C12H14BrClFNO/c1-3-12(2,6-16)11(17)7-4-5-8(13)9(14)10(7)15/h4-5H,3,6,16H2,1-2H3. The summed E-state index contributed by atoms with van der Waals surface area (Å²) in [7, 11) is 0. The van der Waals surface area contributed by atoms with Crippen LogP contribution >= 0.6 is 27.5 Å². The van der Waals surface area contributed by atoms with Crippen LogP contribution in [0.5, 0.6) is 0 Å². The van der Waals surface area contributed by atoms with Crippen LogP contribution < -0.4 is 5.73 Å². The highest BCUT2D eigenvalue weighted by Gasteiger charge is 2.33. The summed E-state index contributed by atoms with van der Waals surface area (Å²) in [6, 6.07) is 2.99. The zero-order valence-electron chi connectivity index (χ0n) is 9.69. The lowest BCUT2D eigenvalue weighted by atomic mass is 9.80. The monoisotopic (exact) mass is 321 g/mol. The Kier molecular flexibility index (Phi) is 4.69. The van der Waals surface area contributed by atoms with Gasteiger partial charge in [0.15, 0.2) is 11.6 Å². The molecule has 17 heavy (non-hydrogen) atoms. The summed E-state index contributed by atoms with van der Waals surface area (Å²) in [6.45, 7) is 3.75. The van der Waals surface area contributed by atoms with Crippen molar-refractivity contribution in [2.24, 2.45) is 11.1 Å². The Morgan fingerprint density at radius 1 is 1.59 bits per heavy atom. The molecular weight excluding hydrogens is 308 g/mol. The molecule has 0 spiro atoms. The van der Waals surface area contributed by atoms with E-state index in [0.29, 0.717) is 10.9 Å². The van der Waals surface area contributed by atoms with Crippen LogP contribution in [0.2, 0.25) is 5.02 Å². The number of Topliss-reactive ketones (excluding diaryl/α,β-unsaturated/α-hetero) is 1. The highest BCUT2D eigenvalue weighted by Crippen LogP contribution is 2.32. The Balaban J connectivity index is 3.27. The number of halogens is 3. The van der Waals surface area contributed by atoms with E-state index in [0.717, 1.165) is 0 Å². The minimum atomic E-state index is -0.752. The molecule has 5 heteroatoms. The van der Waals surface area contributed by atoms with Crippen molar-refractivity contribution < 1.29 is 9.18 Å². The molecule has 0 bridgehead atoms. The molecule has 0 aliphatic rings. The largest absolute Gasteiger partial charge is 0.329 e. The Hall–Kier alpha value is -0.450. The first-order valence-electron chi connectivity index (χ1n) is 5.25. The maximum Gasteiger partial charge on any atom is 0.172 e. The molecule has 1 aromatic carbocycles. The van der Waals surface area contributed by atoms with Crippen LogP contribution in [0, 0.1) is 11.2 Å². The fourth-order valence-corrected chi connectivity index (χ4v) is 1.89. The number of benzene rings is 1. The molecule has 0 aliphatic carbocycles. The zero-order chi connectivity index (χ0) is 13.2. The first-order chi connectivity index (χ1) is 7.87. The van der Waals surface area contributed by atoms with E-state index in [1.807, 2.05) is 6.92 Å². The third kappa shape index (κ3) is 2.69. The zero-order valence-corrected chi connectivity index (χ0v) is 12.0. The normalized spacial score (nSPS) is 14.5. The van der Waals surface area contributed by atoms with Crippen LogP contribution in [0.15, 0.2) is 16.6 Å². The van der Waals surface area contributed by atoms with E-state index in [2.05, 4.69) is 15.9 Å². The average molecular weight is 323 g/mol. The summed E-state index contributed by atoms with van der Waals surface area (Å²) < 4.78 is 14.3. The molecule has 1 atom stereocenters. The van der Waals surface area contributed by atoms with Gasteiger partial charge < -0.3 is 5.73 Å². The molecule has 0 heterocycles. The van der Waals surface area contributed by atoms with E-state index in [4.69, 9.17) is 17.3 Å². The number of ketones is 1. The lowest BCUT2D eigenvalue weighted by Crippen LogP contribution is -2.35. The Morgan fingerprint density at radius 3 is 2.65 bits per heavy atom. The van der Waals surface area contributed by atoms with Crippen LogP contribution in [-0.4, -0.2) is 12.3 Å². The molecular formula is C12H14BrClFNO. The van der Waals surface area contributed by atoms with Crippen molar-refractivity contribution in [1.82, 2.24) is 0 Å². The molecule has 0 saturated heterocycles.